The minimum absolute atomic E-state index is 0.0522. The number of hydrogen-bond donors (Lipinski definition) is 1. The van der Waals surface area contributed by atoms with Gasteiger partial charge in [-0.3, -0.25) is 9.59 Å². The average Bonchev–Trinajstić information content (AvgIpc) is 3.20. The van der Waals surface area contributed by atoms with E-state index in [1.54, 1.807) is 11.1 Å². The van der Waals surface area contributed by atoms with Gasteiger partial charge in [0.15, 0.2) is 5.76 Å². The third-order valence-corrected chi connectivity index (χ3v) is 4.20. The Morgan fingerprint density at radius 1 is 1.36 bits per heavy atom. The van der Waals surface area contributed by atoms with Gasteiger partial charge in [-0.05, 0) is 5.92 Å². The van der Waals surface area contributed by atoms with Crippen LogP contribution < -0.4 is 5.32 Å². The van der Waals surface area contributed by atoms with Crippen molar-refractivity contribution in [2.45, 2.75) is 26.8 Å². The van der Waals surface area contributed by atoms with Crippen molar-refractivity contribution >= 4 is 11.8 Å². The summed E-state index contributed by atoms with van der Waals surface area (Å²) in [5.41, 5.74) is 0.943. The SMILES string of the molecule is CC(C)CN1C[C@H](C(=O)NCc2ncc(-c3ccccc3)o2)CC1=O. The molecule has 2 aromatic rings. The first kappa shape index (κ1) is 17.2. The van der Waals surface area contributed by atoms with Crippen LogP contribution in [0, 0.1) is 11.8 Å². The van der Waals surface area contributed by atoms with Crippen molar-refractivity contribution in [3.8, 4) is 11.3 Å². The van der Waals surface area contributed by atoms with Crippen LogP contribution in [0.4, 0.5) is 0 Å². The number of nitrogens with zero attached hydrogens (tertiary/aromatic N) is 2. The fraction of sp³-hybridized carbons (Fsp3) is 0.421. The third kappa shape index (κ3) is 4.26. The molecule has 0 bridgehead atoms. The second-order valence-corrected chi connectivity index (χ2v) is 6.80. The number of carbonyl (C=O) groups excluding carboxylic acids is 2. The molecule has 1 aromatic heterocycles. The Morgan fingerprint density at radius 2 is 2.12 bits per heavy atom. The first-order valence-electron chi connectivity index (χ1n) is 8.58. The number of benzene rings is 1. The first-order chi connectivity index (χ1) is 12.0. The van der Waals surface area contributed by atoms with Crippen molar-refractivity contribution in [2.75, 3.05) is 13.1 Å². The molecule has 1 saturated heterocycles. The Morgan fingerprint density at radius 3 is 2.84 bits per heavy atom. The molecule has 1 fully saturated rings. The van der Waals surface area contributed by atoms with Crippen LogP contribution in [0.3, 0.4) is 0 Å². The lowest BCUT2D eigenvalue weighted by atomic mass is 10.1. The van der Waals surface area contributed by atoms with E-state index in [0.29, 0.717) is 30.7 Å². The van der Waals surface area contributed by atoms with Crippen LogP contribution in [-0.2, 0) is 16.1 Å². The molecule has 0 spiro atoms. The summed E-state index contributed by atoms with van der Waals surface area (Å²) in [7, 11) is 0. The highest BCUT2D eigenvalue weighted by Crippen LogP contribution is 2.21. The van der Waals surface area contributed by atoms with Gasteiger partial charge in [0.25, 0.3) is 0 Å². The van der Waals surface area contributed by atoms with Crippen molar-refractivity contribution in [3.05, 3.63) is 42.4 Å². The van der Waals surface area contributed by atoms with Gasteiger partial charge in [0.05, 0.1) is 18.7 Å². The molecule has 6 nitrogen and oxygen atoms in total. The van der Waals surface area contributed by atoms with Crippen LogP contribution in [-0.4, -0.2) is 34.8 Å². The lowest BCUT2D eigenvalue weighted by Crippen LogP contribution is -2.33. The van der Waals surface area contributed by atoms with Crippen molar-refractivity contribution in [1.29, 1.82) is 0 Å². The van der Waals surface area contributed by atoms with Crippen molar-refractivity contribution in [1.82, 2.24) is 15.2 Å². The van der Waals surface area contributed by atoms with E-state index >= 15 is 0 Å². The molecule has 0 unspecified atom stereocenters. The fourth-order valence-electron chi connectivity index (χ4n) is 3.00. The fourth-order valence-corrected chi connectivity index (χ4v) is 3.00. The van der Waals surface area contributed by atoms with Gasteiger partial charge >= 0.3 is 0 Å². The maximum absolute atomic E-state index is 12.3. The second-order valence-electron chi connectivity index (χ2n) is 6.80. The first-order valence-corrected chi connectivity index (χ1v) is 8.58. The van der Waals surface area contributed by atoms with E-state index in [1.165, 1.54) is 0 Å². The van der Waals surface area contributed by atoms with Gasteiger partial charge < -0.3 is 14.6 Å². The summed E-state index contributed by atoms with van der Waals surface area (Å²) in [6.45, 7) is 5.54. The topological polar surface area (TPSA) is 75.4 Å². The molecule has 3 rings (SSSR count). The van der Waals surface area contributed by atoms with Crippen LogP contribution in [0.5, 0.6) is 0 Å². The minimum Gasteiger partial charge on any atom is -0.439 e. The van der Waals surface area contributed by atoms with Gasteiger partial charge in [0, 0.05) is 25.1 Å². The van der Waals surface area contributed by atoms with E-state index in [1.807, 2.05) is 30.3 Å². The average molecular weight is 341 g/mol. The molecule has 1 atom stereocenters. The molecule has 132 valence electrons. The lowest BCUT2D eigenvalue weighted by molar-refractivity contribution is -0.129. The minimum atomic E-state index is -0.296. The predicted octanol–water partition coefficient (Wildman–Crippen LogP) is 2.46. The molecular weight excluding hydrogens is 318 g/mol. The number of hydrogen-bond acceptors (Lipinski definition) is 4. The van der Waals surface area contributed by atoms with E-state index < -0.39 is 0 Å². The third-order valence-electron chi connectivity index (χ3n) is 4.20. The van der Waals surface area contributed by atoms with Crippen molar-refractivity contribution < 1.29 is 14.0 Å². The summed E-state index contributed by atoms with van der Waals surface area (Å²) in [6.07, 6.45) is 1.93. The molecule has 0 aliphatic carbocycles. The van der Waals surface area contributed by atoms with Gasteiger partial charge in [-0.25, -0.2) is 4.98 Å². The summed E-state index contributed by atoms with van der Waals surface area (Å²) in [4.78, 5) is 30.3. The molecule has 2 heterocycles. The largest absolute Gasteiger partial charge is 0.439 e. The van der Waals surface area contributed by atoms with Crippen LogP contribution in [0.1, 0.15) is 26.2 Å². The van der Waals surface area contributed by atoms with Gasteiger partial charge in [0.1, 0.15) is 0 Å². The van der Waals surface area contributed by atoms with E-state index in [4.69, 9.17) is 4.42 Å². The van der Waals surface area contributed by atoms with Crippen LogP contribution >= 0.6 is 0 Å². The Labute approximate surface area is 147 Å². The Hall–Kier alpha value is -2.63. The monoisotopic (exact) mass is 341 g/mol. The van der Waals surface area contributed by atoms with E-state index in [9.17, 15) is 9.59 Å². The van der Waals surface area contributed by atoms with Gasteiger partial charge in [0.2, 0.25) is 17.7 Å². The molecule has 1 aliphatic heterocycles. The summed E-state index contributed by atoms with van der Waals surface area (Å²) in [6, 6.07) is 9.68. The highest BCUT2D eigenvalue weighted by Gasteiger charge is 2.34. The Kier molecular flexibility index (Phi) is 5.16. The van der Waals surface area contributed by atoms with Gasteiger partial charge in [-0.15, -0.1) is 0 Å². The summed E-state index contributed by atoms with van der Waals surface area (Å²) in [5.74, 6) is 1.15. The second kappa shape index (κ2) is 7.51. The van der Waals surface area contributed by atoms with Crippen molar-refractivity contribution in [3.63, 3.8) is 0 Å². The molecule has 1 aliphatic rings. The number of oxazole rings is 1. The predicted molar refractivity (Wildman–Crippen MR) is 93.3 cm³/mol. The number of amides is 2. The molecule has 2 amide bonds. The van der Waals surface area contributed by atoms with E-state index in [2.05, 4.69) is 24.1 Å². The normalized spacial score (nSPS) is 17.3. The molecule has 1 N–H and O–H groups in total. The quantitative estimate of drug-likeness (QED) is 0.876. The van der Waals surface area contributed by atoms with Crippen molar-refractivity contribution in [2.24, 2.45) is 11.8 Å². The number of aromatic nitrogens is 1. The maximum Gasteiger partial charge on any atom is 0.225 e. The molecule has 6 heteroatoms. The molecule has 0 saturated carbocycles. The molecule has 0 radical (unpaired) electrons. The van der Waals surface area contributed by atoms with Crippen LogP contribution in [0.15, 0.2) is 40.9 Å². The summed E-state index contributed by atoms with van der Waals surface area (Å²) >= 11 is 0. The smallest absolute Gasteiger partial charge is 0.225 e. The van der Waals surface area contributed by atoms with Crippen LogP contribution in [0.2, 0.25) is 0 Å². The van der Waals surface area contributed by atoms with E-state index in [0.717, 1.165) is 5.56 Å². The highest BCUT2D eigenvalue weighted by atomic mass is 16.4. The number of rotatable bonds is 6. The standard InChI is InChI=1S/C19H23N3O3/c1-13(2)11-22-12-15(8-18(22)23)19(24)21-10-17-20-9-16(25-17)14-6-4-3-5-7-14/h3-7,9,13,15H,8,10-12H2,1-2H3,(H,21,24)/t15-/m1/s1. The molecule has 25 heavy (non-hydrogen) atoms. The Bertz CT molecular complexity index is 739. The zero-order valence-electron chi connectivity index (χ0n) is 14.6. The van der Waals surface area contributed by atoms with E-state index in [-0.39, 0.29) is 30.7 Å². The zero-order valence-corrected chi connectivity index (χ0v) is 14.6. The molecular formula is C19H23N3O3. The van der Waals surface area contributed by atoms with Crippen LogP contribution in [0.25, 0.3) is 11.3 Å². The number of carbonyl (C=O) groups is 2. The Balaban J connectivity index is 1.53. The van der Waals surface area contributed by atoms with Gasteiger partial charge in [-0.2, -0.15) is 0 Å². The molecule has 1 aromatic carbocycles. The number of likely N-dealkylation sites (tertiary alicyclic amines) is 1. The van der Waals surface area contributed by atoms with Gasteiger partial charge in [-0.1, -0.05) is 44.2 Å². The lowest BCUT2D eigenvalue weighted by Gasteiger charge is -2.18. The maximum atomic E-state index is 12.3. The highest BCUT2D eigenvalue weighted by molar-refractivity contribution is 5.89. The summed E-state index contributed by atoms with van der Waals surface area (Å²) in [5, 5.41) is 2.83. The zero-order chi connectivity index (χ0) is 17.8. The summed E-state index contributed by atoms with van der Waals surface area (Å²) < 4.78 is 5.67. The number of nitrogens with one attached hydrogen (secondary N) is 1.